The Balaban J connectivity index is 1.80. The van der Waals surface area contributed by atoms with Crippen LogP contribution in [0.4, 0.5) is 5.13 Å². The number of nitrogens with one attached hydrogen (secondary N) is 3. The van der Waals surface area contributed by atoms with Crippen LogP contribution in [0.15, 0.2) is 54.0 Å². The molecular weight excluding hydrogens is 543 g/mol. The molecule has 0 saturated heterocycles. The van der Waals surface area contributed by atoms with Gasteiger partial charge in [0, 0.05) is 28.5 Å². The zero-order valence-electron chi connectivity index (χ0n) is 22.0. The van der Waals surface area contributed by atoms with Gasteiger partial charge in [-0.2, -0.15) is 0 Å². The Hall–Kier alpha value is -3.57. The highest BCUT2D eigenvalue weighted by molar-refractivity contribution is 7.67. The first-order valence-electron chi connectivity index (χ1n) is 12.1. The maximum Gasteiger partial charge on any atom is 0.320 e. The molecule has 13 heteroatoms. The Morgan fingerprint density at radius 1 is 1.00 bits per heavy atom. The normalized spacial score (nSPS) is 12.6. The maximum atomic E-state index is 13.5. The molecule has 39 heavy (non-hydrogen) atoms. The lowest BCUT2D eigenvalue weighted by atomic mass is 10.2. The number of benzene rings is 2. The van der Waals surface area contributed by atoms with Crippen molar-refractivity contribution in [2.24, 2.45) is 0 Å². The van der Waals surface area contributed by atoms with Crippen LogP contribution in [-0.2, 0) is 18.9 Å². The summed E-state index contributed by atoms with van der Waals surface area (Å²) in [5, 5.41) is 10.6. The van der Waals surface area contributed by atoms with Crippen LogP contribution in [0.25, 0.3) is 0 Å². The van der Waals surface area contributed by atoms with Crippen molar-refractivity contribution in [2.75, 3.05) is 18.4 Å². The smallest absolute Gasteiger partial charge is 0.320 e. The molecule has 1 heterocycles. The molecule has 3 N–H and O–H groups in total. The second kappa shape index (κ2) is 14.0. The minimum atomic E-state index is -3.53. The highest BCUT2D eigenvalue weighted by Gasteiger charge is 2.25. The summed E-state index contributed by atoms with van der Waals surface area (Å²) in [5.41, 5.74) is 0.315. The van der Waals surface area contributed by atoms with E-state index in [-0.39, 0.29) is 31.2 Å². The molecule has 0 saturated carbocycles. The van der Waals surface area contributed by atoms with Gasteiger partial charge in [-0.3, -0.25) is 19.5 Å². The van der Waals surface area contributed by atoms with Gasteiger partial charge in [0.15, 0.2) is 5.13 Å². The van der Waals surface area contributed by atoms with Crippen LogP contribution in [0, 0.1) is 0 Å². The molecule has 0 spiro atoms. The van der Waals surface area contributed by atoms with Gasteiger partial charge in [0.05, 0.1) is 18.8 Å². The summed E-state index contributed by atoms with van der Waals surface area (Å²) in [6.45, 7) is 6.66. The molecule has 0 bridgehead atoms. The minimum Gasteiger partial charge on any atom is -0.491 e. The molecule has 0 radical (unpaired) electrons. The molecule has 208 valence electrons. The zero-order valence-corrected chi connectivity index (χ0v) is 23.7. The predicted molar refractivity (Wildman–Crippen MR) is 149 cm³/mol. The molecule has 0 aliphatic rings. The minimum absolute atomic E-state index is 0.132. The van der Waals surface area contributed by atoms with E-state index in [1.54, 1.807) is 67.9 Å². The lowest BCUT2D eigenvalue weighted by Gasteiger charge is -2.20. The number of thiazole rings is 1. The van der Waals surface area contributed by atoms with E-state index in [0.29, 0.717) is 39.5 Å². The molecule has 3 rings (SSSR count). The van der Waals surface area contributed by atoms with Gasteiger partial charge in [0.1, 0.15) is 30.1 Å². The molecule has 2 aromatic carbocycles. The van der Waals surface area contributed by atoms with E-state index >= 15 is 0 Å². The quantitative estimate of drug-likeness (QED) is 0.146. The van der Waals surface area contributed by atoms with E-state index in [2.05, 4.69) is 20.5 Å². The number of esters is 1. The molecule has 0 fully saturated rings. The number of amides is 1. The number of carbonyl (C=O) groups is 3. The summed E-state index contributed by atoms with van der Waals surface area (Å²) >= 11 is 1.30. The maximum absolute atomic E-state index is 13.5. The third kappa shape index (κ3) is 9.29. The number of nitrogens with zero attached hydrogens (tertiary/aromatic N) is 1. The summed E-state index contributed by atoms with van der Waals surface area (Å²) < 4.78 is 30.4. The SMILES string of the molecule is CC(C)OC(=O)CNP(=O)(NCC=O)c1ccc(Oc2cc(OC(C)C)cc(C(=O)Nc3nccs3)c2)cc1. The molecule has 0 aliphatic carbocycles. The monoisotopic (exact) mass is 574 g/mol. The standard InChI is InChI=1S/C26H31N4O7PS/c1-17(2)35-21-13-19(25(33)30-26-27-10-12-39-26)14-22(15-21)37-20-5-7-23(8-6-20)38(34,28-9-11-31)29-16-24(32)36-18(3)4/h5-8,10-15,17-18H,9,16H2,1-4H3,(H,27,30,33)(H2,28,29,34). The van der Waals surface area contributed by atoms with Crippen LogP contribution >= 0.6 is 18.8 Å². The Morgan fingerprint density at radius 2 is 1.72 bits per heavy atom. The van der Waals surface area contributed by atoms with Gasteiger partial charge in [-0.05, 0) is 64.1 Å². The second-order valence-electron chi connectivity index (χ2n) is 8.76. The molecule has 0 aliphatic heterocycles. The third-order valence-corrected chi connectivity index (χ3v) is 7.76. The van der Waals surface area contributed by atoms with Crippen molar-refractivity contribution in [1.29, 1.82) is 0 Å². The van der Waals surface area contributed by atoms with Crippen LogP contribution in [-0.4, -0.2) is 48.4 Å². The third-order valence-electron chi connectivity index (χ3n) is 4.81. The van der Waals surface area contributed by atoms with Crippen LogP contribution in [0.1, 0.15) is 38.1 Å². The average molecular weight is 575 g/mol. The van der Waals surface area contributed by atoms with Gasteiger partial charge >= 0.3 is 5.97 Å². The molecular formula is C26H31N4O7PS. The molecule has 1 aromatic heterocycles. The van der Waals surface area contributed by atoms with E-state index in [4.69, 9.17) is 14.2 Å². The molecule has 11 nitrogen and oxygen atoms in total. The van der Waals surface area contributed by atoms with Crippen molar-refractivity contribution in [3.8, 4) is 17.2 Å². The van der Waals surface area contributed by atoms with E-state index in [0.717, 1.165) is 0 Å². The summed E-state index contributed by atoms with van der Waals surface area (Å²) in [7, 11) is -3.53. The Labute approximate surface area is 230 Å². The Kier molecular flexibility index (Phi) is 10.8. The van der Waals surface area contributed by atoms with E-state index in [9.17, 15) is 18.9 Å². The summed E-state index contributed by atoms with van der Waals surface area (Å²) in [4.78, 5) is 39.8. The van der Waals surface area contributed by atoms with Crippen LogP contribution < -0.4 is 30.3 Å². The summed E-state index contributed by atoms with van der Waals surface area (Å²) in [6.07, 6.45) is 1.72. The zero-order chi connectivity index (χ0) is 28.4. The van der Waals surface area contributed by atoms with E-state index in [1.165, 1.54) is 11.3 Å². The number of rotatable bonds is 14. The number of anilines is 1. The number of hydrogen-bond donors (Lipinski definition) is 3. The molecule has 3 aromatic rings. The van der Waals surface area contributed by atoms with Crippen molar-refractivity contribution >= 4 is 47.4 Å². The van der Waals surface area contributed by atoms with Gasteiger partial charge in [-0.15, -0.1) is 11.3 Å². The van der Waals surface area contributed by atoms with Crippen molar-refractivity contribution in [3.63, 3.8) is 0 Å². The number of ether oxygens (including phenoxy) is 3. The van der Waals surface area contributed by atoms with Gasteiger partial charge in [0.2, 0.25) is 7.44 Å². The Morgan fingerprint density at radius 3 is 2.33 bits per heavy atom. The van der Waals surface area contributed by atoms with Crippen molar-refractivity contribution in [1.82, 2.24) is 15.2 Å². The van der Waals surface area contributed by atoms with Gasteiger partial charge in [-0.1, -0.05) is 0 Å². The average Bonchev–Trinajstić information content (AvgIpc) is 3.39. The van der Waals surface area contributed by atoms with Gasteiger partial charge in [0.25, 0.3) is 5.91 Å². The molecule has 1 amide bonds. The number of aldehydes is 1. The first-order chi connectivity index (χ1) is 18.6. The van der Waals surface area contributed by atoms with E-state index in [1.807, 2.05) is 13.8 Å². The Bertz CT molecular complexity index is 1310. The summed E-state index contributed by atoms with van der Waals surface area (Å²) in [6, 6.07) is 11.1. The van der Waals surface area contributed by atoms with Crippen molar-refractivity contribution < 1.29 is 33.2 Å². The van der Waals surface area contributed by atoms with Crippen LogP contribution in [0.3, 0.4) is 0 Å². The second-order valence-corrected chi connectivity index (χ2v) is 12.0. The highest BCUT2D eigenvalue weighted by atomic mass is 32.1. The summed E-state index contributed by atoms with van der Waals surface area (Å²) in [5.74, 6) is 0.248. The van der Waals surface area contributed by atoms with Gasteiger partial charge in [-0.25, -0.2) is 15.2 Å². The number of hydrogen-bond acceptors (Lipinski definition) is 9. The number of carbonyl (C=O) groups excluding carboxylic acids is 3. The van der Waals surface area contributed by atoms with Crippen LogP contribution in [0.2, 0.25) is 0 Å². The first kappa shape index (κ1) is 30.0. The predicted octanol–water partition coefficient (Wildman–Crippen LogP) is 4.12. The largest absolute Gasteiger partial charge is 0.491 e. The highest BCUT2D eigenvalue weighted by Crippen LogP contribution is 2.35. The first-order valence-corrected chi connectivity index (χ1v) is 14.7. The van der Waals surface area contributed by atoms with Crippen molar-refractivity contribution in [3.05, 3.63) is 59.6 Å². The van der Waals surface area contributed by atoms with Gasteiger partial charge < -0.3 is 19.0 Å². The fraction of sp³-hybridized carbons (Fsp3) is 0.308. The number of aromatic nitrogens is 1. The fourth-order valence-corrected chi connectivity index (χ4v) is 5.55. The lowest BCUT2D eigenvalue weighted by Crippen LogP contribution is -2.35. The fourth-order valence-electron chi connectivity index (χ4n) is 3.30. The molecule has 1 atom stereocenters. The van der Waals surface area contributed by atoms with Crippen molar-refractivity contribution in [2.45, 2.75) is 39.9 Å². The molecule has 1 unspecified atom stereocenters. The van der Waals surface area contributed by atoms with E-state index < -0.39 is 13.4 Å². The lowest BCUT2D eigenvalue weighted by molar-refractivity contribution is -0.145. The van der Waals surface area contributed by atoms with Crippen LogP contribution in [0.5, 0.6) is 17.2 Å². The topological polar surface area (TPSA) is 145 Å².